The predicted molar refractivity (Wildman–Crippen MR) is 84.9 cm³/mol. The van der Waals surface area contributed by atoms with E-state index in [9.17, 15) is 14.9 Å². The number of carbonyl (C=O) groups excluding carboxylic acids is 1. The zero-order valence-electron chi connectivity index (χ0n) is 12.6. The first-order valence-electron chi connectivity index (χ1n) is 6.94. The molecule has 0 amide bonds. The molecule has 0 bridgehead atoms. The van der Waals surface area contributed by atoms with Gasteiger partial charge in [0.25, 0.3) is 5.69 Å². The number of non-ortho nitro benzene ring substituents is 1. The summed E-state index contributed by atoms with van der Waals surface area (Å²) >= 11 is 0. The number of aromatic nitrogens is 3. The Labute approximate surface area is 136 Å². The Balaban J connectivity index is 1.93. The van der Waals surface area contributed by atoms with E-state index in [1.807, 2.05) is 0 Å². The lowest BCUT2D eigenvalue weighted by Gasteiger charge is -2.03. The van der Waals surface area contributed by atoms with Crippen molar-refractivity contribution in [1.29, 1.82) is 0 Å². The minimum atomic E-state index is -0.521. The molecule has 0 radical (unpaired) electrons. The first-order valence-corrected chi connectivity index (χ1v) is 6.94. The van der Waals surface area contributed by atoms with Gasteiger partial charge in [-0.05, 0) is 36.4 Å². The van der Waals surface area contributed by atoms with Gasteiger partial charge in [0.1, 0.15) is 11.4 Å². The Kier molecular flexibility index (Phi) is 4.02. The van der Waals surface area contributed by atoms with E-state index in [0.29, 0.717) is 22.6 Å². The molecule has 24 heavy (non-hydrogen) atoms. The molecule has 0 aliphatic rings. The van der Waals surface area contributed by atoms with Crippen LogP contribution in [0, 0.1) is 10.1 Å². The number of ether oxygens (including phenoxy) is 1. The van der Waals surface area contributed by atoms with Crippen molar-refractivity contribution >= 4 is 11.5 Å². The normalized spacial score (nSPS) is 10.4. The quantitative estimate of drug-likeness (QED) is 0.439. The average Bonchev–Trinajstić information content (AvgIpc) is 3.11. The topological polar surface area (TPSA) is 111 Å². The Hall–Kier alpha value is -3.55. The summed E-state index contributed by atoms with van der Waals surface area (Å²) in [5.41, 5.74) is 1.47. The first kappa shape index (κ1) is 15.3. The highest BCUT2D eigenvalue weighted by Crippen LogP contribution is 2.24. The van der Waals surface area contributed by atoms with Gasteiger partial charge in [0.2, 0.25) is 5.78 Å². The second-order valence-corrected chi connectivity index (χ2v) is 4.88. The molecule has 8 heteroatoms. The van der Waals surface area contributed by atoms with Crippen LogP contribution in [0.2, 0.25) is 0 Å². The van der Waals surface area contributed by atoms with Gasteiger partial charge in [0.05, 0.1) is 12.0 Å². The van der Waals surface area contributed by atoms with Gasteiger partial charge in [0.15, 0.2) is 5.69 Å². The van der Waals surface area contributed by atoms with Crippen molar-refractivity contribution in [2.24, 2.45) is 0 Å². The SMILES string of the molecule is COc1ccc(-c2n[nH]nc2C(=O)c2ccc([N+](=O)[O-])cc2)cc1. The molecule has 0 saturated carbocycles. The molecule has 8 nitrogen and oxygen atoms in total. The summed E-state index contributed by atoms with van der Waals surface area (Å²) in [6.07, 6.45) is 0. The molecular weight excluding hydrogens is 312 g/mol. The summed E-state index contributed by atoms with van der Waals surface area (Å²) in [5.74, 6) is 0.315. The van der Waals surface area contributed by atoms with Crippen LogP contribution in [0.4, 0.5) is 5.69 Å². The van der Waals surface area contributed by atoms with Crippen molar-refractivity contribution in [3.63, 3.8) is 0 Å². The van der Waals surface area contributed by atoms with Crippen LogP contribution in [0.5, 0.6) is 5.75 Å². The summed E-state index contributed by atoms with van der Waals surface area (Å²) in [5, 5.41) is 21.1. The molecule has 3 rings (SSSR count). The predicted octanol–water partition coefficient (Wildman–Crippen LogP) is 2.62. The van der Waals surface area contributed by atoms with Crippen LogP contribution in [-0.4, -0.2) is 33.2 Å². The molecule has 1 aromatic heterocycles. The van der Waals surface area contributed by atoms with Gasteiger partial charge < -0.3 is 4.74 Å². The first-order chi connectivity index (χ1) is 11.6. The Morgan fingerprint density at radius 3 is 2.33 bits per heavy atom. The maximum atomic E-state index is 12.6. The van der Waals surface area contributed by atoms with Gasteiger partial charge in [-0.3, -0.25) is 14.9 Å². The number of H-pyrrole nitrogens is 1. The molecule has 1 heterocycles. The van der Waals surface area contributed by atoms with E-state index >= 15 is 0 Å². The van der Waals surface area contributed by atoms with Gasteiger partial charge in [-0.2, -0.15) is 15.4 Å². The third-order valence-electron chi connectivity index (χ3n) is 3.47. The molecule has 0 spiro atoms. The minimum Gasteiger partial charge on any atom is -0.497 e. The number of nitrogens with one attached hydrogen (secondary N) is 1. The van der Waals surface area contributed by atoms with Gasteiger partial charge in [-0.15, -0.1) is 0 Å². The second-order valence-electron chi connectivity index (χ2n) is 4.88. The lowest BCUT2D eigenvalue weighted by Crippen LogP contribution is -2.04. The van der Waals surface area contributed by atoms with Crippen molar-refractivity contribution in [3.8, 4) is 17.0 Å². The summed E-state index contributed by atoms with van der Waals surface area (Å²) in [6.45, 7) is 0. The van der Waals surface area contributed by atoms with Crippen LogP contribution in [0.1, 0.15) is 16.1 Å². The Morgan fingerprint density at radius 1 is 1.08 bits per heavy atom. The minimum absolute atomic E-state index is 0.0814. The van der Waals surface area contributed by atoms with Gasteiger partial charge in [-0.25, -0.2) is 0 Å². The number of methoxy groups -OCH3 is 1. The molecular formula is C16H12N4O4. The van der Waals surface area contributed by atoms with E-state index < -0.39 is 4.92 Å². The Bertz CT molecular complexity index is 885. The maximum absolute atomic E-state index is 12.6. The van der Waals surface area contributed by atoms with E-state index in [2.05, 4.69) is 15.4 Å². The molecule has 0 aliphatic heterocycles. The highest BCUT2D eigenvalue weighted by Gasteiger charge is 2.20. The van der Waals surface area contributed by atoms with Crippen LogP contribution in [0.25, 0.3) is 11.3 Å². The third kappa shape index (κ3) is 2.84. The largest absolute Gasteiger partial charge is 0.497 e. The molecule has 0 unspecified atom stereocenters. The smallest absolute Gasteiger partial charge is 0.269 e. The summed E-state index contributed by atoms with van der Waals surface area (Å²) < 4.78 is 5.10. The third-order valence-corrected chi connectivity index (χ3v) is 3.47. The molecule has 0 fully saturated rings. The number of nitro groups is 1. The number of rotatable bonds is 5. The Morgan fingerprint density at radius 2 is 1.75 bits per heavy atom. The fourth-order valence-corrected chi connectivity index (χ4v) is 2.21. The molecule has 2 aromatic carbocycles. The summed E-state index contributed by atoms with van der Waals surface area (Å²) in [4.78, 5) is 22.8. The highest BCUT2D eigenvalue weighted by atomic mass is 16.6. The van der Waals surface area contributed by atoms with E-state index in [1.165, 1.54) is 24.3 Å². The van der Waals surface area contributed by atoms with Crippen molar-refractivity contribution in [3.05, 3.63) is 69.9 Å². The lowest BCUT2D eigenvalue weighted by molar-refractivity contribution is -0.384. The molecule has 0 atom stereocenters. The van der Waals surface area contributed by atoms with Crippen LogP contribution in [0.15, 0.2) is 48.5 Å². The monoisotopic (exact) mass is 324 g/mol. The van der Waals surface area contributed by atoms with Gasteiger partial charge in [-0.1, -0.05) is 0 Å². The van der Waals surface area contributed by atoms with Crippen molar-refractivity contribution in [1.82, 2.24) is 15.4 Å². The van der Waals surface area contributed by atoms with Gasteiger partial charge in [0, 0.05) is 23.3 Å². The van der Waals surface area contributed by atoms with Gasteiger partial charge >= 0.3 is 0 Å². The molecule has 1 N–H and O–H groups in total. The van der Waals surface area contributed by atoms with Crippen LogP contribution in [0.3, 0.4) is 0 Å². The fourth-order valence-electron chi connectivity index (χ4n) is 2.21. The van der Waals surface area contributed by atoms with Crippen LogP contribution >= 0.6 is 0 Å². The number of ketones is 1. The lowest BCUT2D eigenvalue weighted by atomic mass is 10.0. The maximum Gasteiger partial charge on any atom is 0.269 e. The van der Waals surface area contributed by atoms with Crippen molar-refractivity contribution < 1.29 is 14.5 Å². The number of benzene rings is 2. The van der Waals surface area contributed by atoms with Crippen molar-refractivity contribution in [2.75, 3.05) is 7.11 Å². The molecule has 0 saturated heterocycles. The van der Waals surface area contributed by atoms with E-state index in [-0.39, 0.29) is 17.2 Å². The standard InChI is InChI=1S/C16H12N4O4/c1-24-13-8-4-10(5-9-13)14-15(18-19-17-14)16(21)11-2-6-12(7-3-11)20(22)23/h2-9H,1H3,(H,17,18,19). The number of nitrogens with zero attached hydrogens (tertiary/aromatic N) is 3. The number of hydrogen-bond acceptors (Lipinski definition) is 6. The molecule has 0 aliphatic carbocycles. The van der Waals surface area contributed by atoms with E-state index in [0.717, 1.165) is 0 Å². The molecule has 3 aromatic rings. The summed E-state index contributed by atoms with van der Waals surface area (Å²) in [6, 6.07) is 12.4. The number of hydrogen-bond donors (Lipinski definition) is 1. The average molecular weight is 324 g/mol. The highest BCUT2D eigenvalue weighted by molar-refractivity contribution is 6.10. The van der Waals surface area contributed by atoms with Crippen LogP contribution in [-0.2, 0) is 0 Å². The van der Waals surface area contributed by atoms with E-state index in [1.54, 1.807) is 31.4 Å². The fraction of sp³-hybridized carbons (Fsp3) is 0.0625. The van der Waals surface area contributed by atoms with Crippen molar-refractivity contribution in [2.45, 2.75) is 0 Å². The number of carbonyl (C=O) groups is 1. The number of nitro benzene ring substituents is 1. The zero-order chi connectivity index (χ0) is 17.1. The number of aromatic amines is 1. The molecule has 120 valence electrons. The summed E-state index contributed by atoms with van der Waals surface area (Å²) in [7, 11) is 1.56. The second kappa shape index (κ2) is 6.29. The zero-order valence-corrected chi connectivity index (χ0v) is 12.6. The van der Waals surface area contributed by atoms with Crippen LogP contribution < -0.4 is 4.74 Å². The van der Waals surface area contributed by atoms with E-state index in [4.69, 9.17) is 4.74 Å².